The van der Waals surface area contributed by atoms with Gasteiger partial charge in [0.1, 0.15) is 6.54 Å². The summed E-state index contributed by atoms with van der Waals surface area (Å²) >= 11 is 0. The van der Waals surface area contributed by atoms with E-state index < -0.39 is 0 Å². The van der Waals surface area contributed by atoms with Crippen molar-refractivity contribution in [3.8, 4) is 0 Å². The normalized spacial score (nSPS) is 22.6. The van der Waals surface area contributed by atoms with Crippen molar-refractivity contribution >= 4 is 16.8 Å². The lowest BCUT2D eigenvalue weighted by Crippen LogP contribution is -2.46. The van der Waals surface area contributed by atoms with E-state index in [1.165, 1.54) is 6.42 Å². The Morgan fingerprint density at radius 2 is 2.00 bits per heavy atom. The first-order valence-corrected chi connectivity index (χ1v) is 10.2. The fourth-order valence-corrected chi connectivity index (χ4v) is 4.76. The highest BCUT2D eigenvalue weighted by atomic mass is 16.5. The predicted octanol–water partition coefficient (Wildman–Crippen LogP) is 1.88. The topological polar surface area (TPSA) is 54.8 Å². The van der Waals surface area contributed by atoms with Crippen LogP contribution in [0.2, 0.25) is 0 Å². The van der Waals surface area contributed by atoms with Crippen LogP contribution in [-0.4, -0.2) is 66.2 Å². The lowest BCUT2D eigenvalue weighted by molar-refractivity contribution is -0.132. The van der Waals surface area contributed by atoms with Gasteiger partial charge in [-0.2, -0.15) is 0 Å². The fourth-order valence-electron chi connectivity index (χ4n) is 4.76. The Balaban J connectivity index is 1.55. The van der Waals surface area contributed by atoms with Crippen molar-refractivity contribution in [2.45, 2.75) is 32.4 Å². The Morgan fingerprint density at radius 1 is 1.18 bits per heavy atom. The summed E-state index contributed by atoms with van der Waals surface area (Å²) < 4.78 is 7.24. The molecule has 0 saturated carbocycles. The molecule has 6 nitrogen and oxygen atoms in total. The highest BCUT2D eigenvalue weighted by Crippen LogP contribution is 2.28. The molecule has 0 aliphatic carbocycles. The zero-order valence-corrected chi connectivity index (χ0v) is 16.8. The first-order valence-electron chi connectivity index (χ1n) is 10.2. The molecule has 1 amide bonds. The lowest BCUT2D eigenvalue weighted by atomic mass is 9.95. The molecule has 2 bridgehead atoms. The van der Waals surface area contributed by atoms with Crippen LogP contribution >= 0.6 is 0 Å². The largest absolute Gasteiger partial charge is 0.383 e. The molecular weight excluding hydrogens is 354 g/mol. The van der Waals surface area contributed by atoms with E-state index in [0.717, 1.165) is 50.4 Å². The number of piperidine rings is 1. The second-order valence-electron chi connectivity index (χ2n) is 8.14. The Kier molecular flexibility index (Phi) is 5.51. The van der Waals surface area contributed by atoms with Gasteiger partial charge in [0.25, 0.3) is 0 Å². The molecule has 28 heavy (non-hydrogen) atoms. The van der Waals surface area contributed by atoms with Gasteiger partial charge < -0.3 is 14.2 Å². The summed E-state index contributed by atoms with van der Waals surface area (Å²) in [5.41, 5.74) is 1.68. The van der Waals surface area contributed by atoms with Gasteiger partial charge in [-0.3, -0.25) is 14.5 Å². The molecule has 3 aliphatic heterocycles. The van der Waals surface area contributed by atoms with Gasteiger partial charge >= 0.3 is 0 Å². The van der Waals surface area contributed by atoms with Gasteiger partial charge in [0.05, 0.1) is 12.1 Å². The highest BCUT2D eigenvalue weighted by Gasteiger charge is 2.36. The molecule has 6 heteroatoms. The number of benzene rings is 1. The number of nitrogens with zero attached hydrogens (tertiary/aromatic N) is 3. The van der Waals surface area contributed by atoms with E-state index in [4.69, 9.17) is 4.74 Å². The first kappa shape index (κ1) is 19.2. The van der Waals surface area contributed by atoms with Crippen molar-refractivity contribution in [1.82, 2.24) is 14.4 Å². The summed E-state index contributed by atoms with van der Waals surface area (Å²) in [6, 6.07) is 9.60. The molecule has 4 heterocycles. The number of ether oxygens (including phenoxy) is 1. The number of carbonyl (C=O) groups is 1. The molecule has 150 valence electrons. The van der Waals surface area contributed by atoms with E-state index in [0.29, 0.717) is 17.3 Å². The average Bonchev–Trinajstić information content (AvgIpc) is 3.01. The molecule has 2 aromatic rings. The van der Waals surface area contributed by atoms with Crippen LogP contribution in [-0.2, 0) is 16.1 Å². The van der Waals surface area contributed by atoms with E-state index in [2.05, 4.69) is 4.90 Å². The second kappa shape index (κ2) is 8.05. The maximum absolute atomic E-state index is 13.2. The van der Waals surface area contributed by atoms with Crippen molar-refractivity contribution in [1.29, 1.82) is 0 Å². The van der Waals surface area contributed by atoms with Crippen molar-refractivity contribution in [3.05, 3.63) is 46.2 Å². The minimum Gasteiger partial charge on any atom is -0.383 e. The summed E-state index contributed by atoms with van der Waals surface area (Å²) in [5, 5.41) is 0.669. The Bertz CT molecular complexity index is 923. The minimum atomic E-state index is 0.0124. The summed E-state index contributed by atoms with van der Waals surface area (Å²) in [5.74, 6) is 0.675. The number of methoxy groups -OCH3 is 1. The smallest absolute Gasteiger partial charge is 0.242 e. The van der Waals surface area contributed by atoms with E-state index in [9.17, 15) is 9.59 Å². The Hall–Kier alpha value is -2.18. The number of amides is 1. The van der Waals surface area contributed by atoms with Gasteiger partial charge in [-0.15, -0.1) is 0 Å². The summed E-state index contributed by atoms with van der Waals surface area (Å²) in [4.78, 5) is 30.0. The number of aromatic nitrogens is 1. The number of para-hydroxylation sites is 1. The van der Waals surface area contributed by atoms with Crippen LogP contribution in [0.25, 0.3) is 10.9 Å². The molecule has 3 aliphatic rings. The number of hydrogen-bond donors (Lipinski definition) is 0. The van der Waals surface area contributed by atoms with E-state index in [1.54, 1.807) is 13.2 Å². The molecule has 0 N–H and O–H groups in total. The zero-order valence-electron chi connectivity index (χ0n) is 16.8. The van der Waals surface area contributed by atoms with Gasteiger partial charge in [-0.25, -0.2) is 0 Å². The first-order chi connectivity index (χ1) is 13.6. The third kappa shape index (κ3) is 3.71. The quantitative estimate of drug-likeness (QED) is 0.791. The van der Waals surface area contributed by atoms with Crippen molar-refractivity contribution in [2.24, 2.45) is 5.92 Å². The molecule has 2 atom stereocenters. The summed E-state index contributed by atoms with van der Waals surface area (Å²) in [6.45, 7) is 6.52. The second-order valence-corrected chi connectivity index (χ2v) is 8.14. The monoisotopic (exact) mass is 383 g/mol. The Labute approximate surface area is 165 Å². The van der Waals surface area contributed by atoms with Crippen molar-refractivity contribution < 1.29 is 9.53 Å². The number of fused-ring (bicyclic) bond motifs is 5. The van der Waals surface area contributed by atoms with Gasteiger partial charge in [0, 0.05) is 56.5 Å². The number of hydrogen-bond acceptors (Lipinski definition) is 4. The van der Waals surface area contributed by atoms with E-state index in [-0.39, 0.29) is 17.9 Å². The predicted molar refractivity (Wildman–Crippen MR) is 109 cm³/mol. The number of carbonyl (C=O) groups excluding carboxylic acids is 1. The van der Waals surface area contributed by atoms with Crippen molar-refractivity contribution in [3.63, 3.8) is 0 Å². The summed E-state index contributed by atoms with van der Waals surface area (Å²) in [7, 11) is 1.74. The molecular formula is C22H29N3O3. The van der Waals surface area contributed by atoms with Crippen LogP contribution in [0.15, 0.2) is 35.1 Å². The zero-order chi connectivity index (χ0) is 19.7. The number of pyridine rings is 1. The van der Waals surface area contributed by atoms with Crippen LogP contribution in [0.3, 0.4) is 0 Å². The third-order valence-electron chi connectivity index (χ3n) is 6.28. The number of rotatable bonds is 5. The standard InChI is InChI=1S/C22H29N3O3/c1-16-11-21(26)19-5-3-4-6-20(19)25(16)15-22(27)24-13-17-7-8-18(14-24)23(12-17)9-10-28-2/h3-6,11,17-18H,7-10,12-15H2,1-2H3/t17-,18-/m0/s1. The van der Waals surface area contributed by atoms with Gasteiger partial charge in [0.2, 0.25) is 5.91 Å². The molecule has 0 spiro atoms. The number of aryl methyl sites for hydroxylation is 1. The molecule has 5 rings (SSSR count). The lowest BCUT2D eigenvalue weighted by Gasteiger charge is -2.35. The van der Waals surface area contributed by atoms with E-state index in [1.807, 2.05) is 40.7 Å². The maximum atomic E-state index is 13.2. The van der Waals surface area contributed by atoms with Crippen molar-refractivity contribution in [2.75, 3.05) is 39.9 Å². The average molecular weight is 383 g/mol. The van der Waals surface area contributed by atoms with Gasteiger partial charge in [-0.1, -0.05) is 12.1 Å². The van der Waals surface area contributed by atoms with E-state index >= 15 is 0 Å². The molecule has 1 aromatic heterocycles. The fraction of sp³-hybridized carbons (Fsp3) is 0.545. The SMILES string of the molecule is COCCN1C[C@@H]2CC[C@H]1CN(C(=O)Cn1c(C)cc(=O)c3ccccc31)C2. The molecule has 0 unspecified atom stereocenters. The van der Waals surface area contributed by atoms with Gasteiger partial charge in [0.15, 0.2) is 5.43 Å². The minimum absolute atomic E-state index is 0.0124. The van der Waals surface area contributed by atoms with Crippen LogP contribution in [0.5, 0.6) is 0 Å². The third-order valence-corrected chi connectivity index (χ3v) is 6.28. The molecule has 3 fully saturated rings. The van der Waals surface area contributed by atoms with Crippen LogP contribution in [0, 0.1) is 12.8 Å². The summed E-state index contributed by atoms with van der Waals surface area (Å²) in [6.07, 6.45) is 2.34. The maximum Gasteiger partial charge on any atom is 0.242 e. The van der Waals surface area contributed by atoms with Crippen LogP contribution in [0.1, 0.15) is 18.5 Å². The molecule has 0 radical (unpaired) electrons. The molecule has 1 aromatic carbocycles. The molecule has 3 saturated heterocycles. The highest BCUT2D eigenvalue weighted by molar-refractivity contribution is 5.82. The van der Waals surface area contributed by atoms with Crippen LogP contribution in [0.4, 0.5) is 0 Å². The van der Waals surface area contributed by atoms with Gasteiger partial charge in [-0.05, 0) is 37.8 Å². The Morgan fingerprint density at radius 3 is 2.82 bits per heavy atom. The van der Waals surface area contributed by atoms with Crippen LogP contribution < -0.4 is 5.43 Å².